The zero-order valence-corrected chi connectivity index (χ0v) is 13.1. The largest absolute Gasteiger partial charge is 0.384 e. The molecular weight excluding hydrogens is 295 g/mol. The number of nitrogens with one attached hydrogen (secondary N) is 2. The van der Waals surface area contributed by atoms with Gasteiger partial charge in [-0.25, -0.2) is 9.18 Å². The molecule has 2 rings (SSSR count). The Labute approximate surface area is 135 Å². The molecule has 0 aliphatic rings. The van der Waals surface area contributed by atoms with E-state index in [1.54, 1.807) is 37.3 Å². The van der Waals surface area contributed by atoms with Gasteiger partial charge < -0.3 is 15.7 Å². The topological polar surface area (TPSA) is 61.4 Å². The second-order valence-electron chi connectivity index (χ2n) is 5.59. The van der Waals surface area contributed by atoms with E-state index in [-0.39, 0.29) is 12.4 Å². The molecular formula is C18H21FN2O2. The number of aliphatic hydroxyl groups is 1. The molecule has 23 heavy (non-hydrogen) atoms. The molecule has 5 heteroatoms. The molecule has 1 atom stereocenters. The number of benzene rings is 2. The molecule has 2 amide bonds. The van der Waals surface area contributed by atoms with Crippen molar-refractivity contribution in [2.45, 2.75) is 18.9 Å². The molecule has 2 aromatic carbocycles. The van der Waals surface area contributed by atoms with Crippen LogP contribution in [0.4, 0.5) is 9.18 Å². The number of amides is 2. The number of hydrogen-bond acceptors (Lipinski definition) is 2. The van der Waals surface area contributed by atoms with Gasteiger partial charge in [-0.05, 0) is 30.5 Å². The van der Waals surface area contributed by atoms with Gasteiger partial charge in [-0.2, -0.15) is 0 Å². The highest BCUT2D eigenvalue weighted by atomic mass is 19.1. The average Bonchev–Trinajstić information content (AvgIpc) is 2.56. The fourth-order valence-corrected chi connectivity index (χ4v) is 2.23. The van der Waals surface area contributed by atoms with Gasteiger partial charge in [0.05, 0.1) is 6.54 Å². The third-order valence-electron chi connectivity index (χ3n) is 3.63. The smallest absolute Gasteiger partial charge is 0.314 e. The third kappa shape index (κ3) is 5.07. The molecule has 1 unspecified atom stereocenters. The van der Waals surface area contributed by atoms with Crippen LogP contribution < -0.4 is 10.6 Å². The Hall–Kier alpha value is -2.40. The Kier molecular flexibility index (Phi) is 5.71. The molecule has 0 aliphatic carbocycles. The number of carbonyl (C=O) groups is 1. The SMILES string of the molecule is CC(O)(CNC(=O)NCCc1ccccc1F)c1ccccc1. The summed E-state index contributed by atoms with van der Waals surface area (Å²) in [6.45, 7) is 2.05. The predicted octanol–water partition coefficient (Wildman–Crippen LogP) is 2.58. The van der Waals surface area contributed by atoms with Crippen LogP contribution in [-0.2, 0) is 12.0 Å². The van der Waals surface area contributed by atoms with Crippen LogP contribution in [-0.4, -0.2) is 24.2 Å². The van der Waals surface area contributed by atoms with Crippen LogP contribution >= 0.6 is 0 Å². The molecule has 3 N–H and O–H groups in total. The van der Waals surface area contributed by atoms with E-state index >= 15 is 0 Å². The first-order valence-corrected chi connectivity index (χ1v) is 7.52. The molecule has 0 aliphatic heterocycles. The molecule has 0 saturated carbocycles. The summed E-state index contributed by atoms with van der Waals surface area (Å²) >= 11 is 0. The molecule has 0 saturated heterocycles. The molecule has 0 fully saturated rings. The zero-order valence-electron chi connectivity index (χ0n) is 13.1. The van der Waals surface area contributed by atoms with Gasteiger partial charge in [-0.1, -0.05) is 48.5 Å². The second-order valence-corrected chi connectivity index (χ2v) is 5.59. The van der Waals surface area contributed by atoms with Crippen LogP contribution in [0.3, 0.4) is 0 Å². The van der Waals surface area contributed by atoms with Crippen molar-refractivity contribution in [3.05, 3.63) is 71.5 Å². The summed E-state index contributed by atoms with van der Waals surface area (Å²) in [5.74, 6) is -0.276. The number of rotatable bonds is 6. The first-order chi connectivity index (χ1) is 11.0. The van der Waals surface area contributed by atoms with Crippen LogP contribution in [0.1, 0.15) is 18.1 Å². The Morgan fingerprint density at radius 1 is 1.09 bits per heavy atom. The minimum Gasteiger partial charge on any atom is -0.384 e. The summed E-state index contributed by atoms with van der Waals surface area (Å²) in [5.41, 5.74) is 0.139. The fraction of sp³-hybridized carbons (Fsp3) is 0.278. The summed E-state index contributed by atoms with van der Waals surface area (Å²) in [6.07, 6.45) is 0.412. The van der Waals surface area contributed by atoms with E-state index in [1.165, 1.54) is 6.07 Å². The zero-order chi connectivity index (χ0) is 16.7. The number of hydrogen-bond donors (Lipinski definition) is 3. The maximum Gasteiger partial charge on any atom is 0.314 e. The van der Waals surface area contributed by atoms with Crippen molar-refractivity contribution in [2.75, 3.05) is 13.1 Å². The molecule has 122 valence electrons. The Morgan fingerprint density at radius 2 is 1.74 bits per heavy atom. The summed E-state index contributed by atoms with van der Waals surface area (Å²) in [6, 6.07) is 15.2. The first kappa shape index (κ1) is 17.0. The van der Waals surface area contributed by atoms with E-state index < -0.39 is 11.6 Å². The van der Waals surface area contributed by atoms with Crippen LogP contribution in [0.15, 0.2) is 54.6 Å². The van der Waals surface area contributed by atoms with Gasteiger partial charge in [-0.15, -0.1) is 0 Å². The van der Waals surface area contributed by atoms with E-state index in [1.807, 2.05) is 18.2 Å². The van der Waals surface area contributed by atoms with E-state index in [0.29, 0.717) is 18.5 Å². The lowest BCUT2D eigenvalue weighted by molar-refractivity contribution is 0.0594. The highest BCUT2D eigenvalue weighted by Crippen LogP contribution is 2.18. The molecule has 0 heterocycles. The van der Waals surface area contributed by atoms with Gasteiger partial charge in [0, 0.05) is 6.54 Å². The lowest BCUT2D eigenvalue weighted by Crippen LogP contribution is -2.44. The third-order valence-corrected chi connectivity index (χ3v) is 3.63. The van der Waals surface area contributed by atoms with Gasteiger partial charge in [0.2, 0.25) is 0 Å². The molecule has 0 spiro atoms. The highest BCUT2D eigenvalue weighted by molar-refractivity contribution is 5.73. The van der Waals surface area contributed by atoms with Crippen LogP contribution in [0.2, 0.25) is 0 Å². The standard InChI is InChI=1S/C18H21FN2O2/c1-18(23,15-8-3-2-4-9-15)13-21-17(22)20-12-11-14-7-5-6-10-16(14)19/h2-10,23H,11-13H2,1H3,(H2,20,21,22). The highest BCUT2D eigenvalue weighted by Gasteiger charge is 2.23. The Balaban J connectivity index is 1.76. The van der Waals surface area contributed by atoms with Crippen molar-refractivity contribution in [3.8, 4) is 0 Å². The molecule has 0 aromatic heterocycles. The molecule has 4 nitrogen and oxygen atoms in total. The number of halogens is 1. The van der Waals surface area contributed by atoms with Crippen molar-refractivity contribution in [1.29, 1.82) is 0 Å². The lowest BCUT2D eigenvalue weighted by atomic mass is 9.96. The minimum absolute atomic E-state index is 0.0859. The van der Waals surface area contributed by atoms with Crippen LogP contribution in [0, 0.1) is 5.82 Å². The van der Waals surface area contributed by atoms with Crippen molar-refractivity contribution in [2.24, 2.45) is 0 Å². The maximum absolute atomic E-state index is 13.4. The number of urea groups is 1. The van der Waals surface area contributed by atoms with E-state index in [9.17, 15) is 14.3 Å². The van der Waals surface area contributed by atoms with E-state index in [0.717, 1.165) is 5.56 Å². The summed E-state index contributed by atoms with van der Waals surface area (Å²) in [5, 5.41) is 15.7. The fourth-order valence-electron chi connectivity index (χ4n) is 2.23. The van der Waals surface area contributed by atoms with Crippen LogP contribution in [0.25, 0.3) is 0 Å². The summed E-state index contributed by atoms with van der Waals surface area (Å²) < 4.78 is 13.4. The van der Waals surface area contributed by atoms with Crippen molar-refractivity contribution in [1.82, 2.24) is 10.6 Å². The van der Waals surface area contributed by atoms with Gasteiger partial charge in [-0.3, -0.25) is 0 Å². The van der Waals surface area contributed by atoms with Gasteiger partial charge in [0.15, 0.2) is 0 Å². The molecule has 2 aromatic rings. The van der Waals surface area contributed by atoms with Gasteiger partial charge >= 0.3 is 6.03 Å². The molecule has 0 bridgehead atoms. The minimum atomic E-state index is -1.15. The number of carbonyl (C=O) groups excluding carboxylic acids is 1. The maximum atomic E-state index is 13.4. The van der Waals surface area contributed by atoms with Crippen molar-refractivity contribution < 1.29 is 14.3 Å². The lowest BCUT2D eigenvalue weighted by Gasteiger charge is -2.24. The quantitative estimate of drug-likeness (QED) is 0.767. The average molecular weight is 316 g/mol. The summed E-state index contributed by atoms with van der Waals surface area (Å²) in [7, 11) is 0. The van der Waals surface area contributed by atoms with Crippen LogP contribution in [0.5, 0.6) is 0 Å². The first-order valence-electron chi connectivity index (χ1n) is 7.52. The summed E-state index contributed by atoms with van der Waals surface area (Å²) in [4.78, 5) is 11.8. The molecule has 0 radical (unpaired) electrons. The predicted molar refractivity (Wildman–Crippen MR) is 87.5 cm³/mol. The Bertz CT molecular complexity index is 644. The monoisotopic (exact) mass is 316 g/mol. The van der Waals surface area contributed by atoms with Gasteiger partial charge in [0.1, 0.15) is 11.4 Å². The van der Waals surface area contributed by atoms with E-state index in [2.05, 4.69) is 10.6 Å². The van der Waals surface area contributed by atoms with Crippen molar-refractivity contribution in [3.63, 3.8) is 0 Å². The van der Waals surface area contributed by atoms with E-state index in [4.69, 9.17) is 0 Å². The second kappa shape index (κ2) is 7.74. The normalized spacial score (nSPS) is 13.2. The van der Waals surface area contributed by atoms with Crippen molar-refractivity contribution >= 4 is 6.03 Å². The van der Waals surface area contributed by atoms with Gasteiger partial charge in [0.25, 0.3) is 0 Å². The Morgan fingerprint density at radius 3 is 2.43 bits per heavy atom.